The van der Waals surface area contributed by atoms with Crippen LogP contribution in [0.15, 0.2) is 47.4 Å². The van der Waals surface area contributed by atoms with Gasteiger partial charge in [-0.2, -0.15) is 5.26 Å². The Morgan fingerprint density at radius 3 is 2.50 bits per heavy atom. The number of hydrogen-bond donors (Lipinski definition) is 2. The minimum atomic E-state index is -3.95. The highest BCUT2D eigenvalue weighted by Gasteiger charge is 2.35. The monoisotopic (exact) mass is 455 g/mol. The number of esters is 1. The second kappa shape index (κ2) is 9.40. The van der Waals surface area contributed by atoms with Crippen molar-refractivity contribution in [2.24, 2.45) is 0 Å². The number of ether oxygens (including phenoxy) is 1. The first kappa shape index (κ1) is 23.3. The van der Waals surface area contributed by atoms with E-state index in [0.717, 1.165) is 18.4 Å². The lowest BCUT2D eigenvalue weighted by atomic mass is 10.00. The van der Waals surface area contributed by atoms with Crippen molar-refractivity contribution in [3.8, 4) is 6.07 Å². The van der Waals surface area contributed by atoms with Gasteiger partial charge < -0.3 is 10.1 Å². The second-order valence-corrected chi connectivity index (χ2v) is 9.63. The van der Waals surface area contributed by atoms with Crippen molar-refractivity contribution in [1.29, 1.82) is 5.26 Å². The number of hydrogen-bond acceptors (Lipinski definition) is 6. The molecule has 0 atom stereocenters. The van der Waals surface area contributed by atoms with Crippen molar-refractivity contribution in [3.63, 3.8) is 0 Å². The summed E-state index contributed by atoms with van der Waals surface area (Å²) in [6.07, 6.45) is 2.84. The van der Waals surface area contributed by atoms with Crippen molar-refractivity contribution in [2.45, 2.75) is 50.0 Å². The van der Waals surface area contributed by atoms with Crippen LogP contribution in [0.1, 0.15) is 47.2 Å². The van der Waals surface area contributed by atoms with Crippen LogP contribution in [0.2, 0.25) is 0 Å². The Morgan fingerprint density at radius 1 is 1.12 bits per heavy atom. The maximum atomic E-state index is 12.9. The fraction of sp³-hybridized carbons (Fsp3) is 0.348. The zero-order valence-corrected chi connectivity index (χ0v) is 18.8. The highest BCUT2D eigenvalue weighted by molar-refractivity contribution is 7.92. The first-order valence-corrected chi connectivity index (χ1v) is 11.7. The summed E-state index contributed by atoms with van der Waals surface area (Å²) in [5.74, 6) is -1.40. The van der Waals surface area contributed by atoms with Gasteiger partial charge in [-0.25, -0.2) is 13.2 Å². The number of sulfonamides is 1. The summed E-state index contributed by atoms with van der Waals surface area (Å²) in [4.78, 5) is 24.5. The molecule has 0 aromatic heterocycles. The minimum Gasteiger partial charge on any atom is -0.452 e. The zero-order chi connectivity index (χ0) is 23.4. The average Bonchev–Trinajstić information content (AvgIpc) is 3.20. The van der Waals surface area contributed by atoms with Crippen LogP contribution in [-0.2, 0) is 19.6 Å². The molecular formula is C23H25N3O5S. The van der Waals surface area contributed by atoms with Crippen LogP contribution in [0.25, 0.3) is 0 Å². The largest absolute Gasteiger partial charge is 0.452 e. The predicted octanol–water partition coefficient (Wildman–Crippen LogP) is 3.21. The first-order chi connectivity index (χ1) is 15.1. The molecule has 0 radical (unpaired) electrons. The van der Waals surface area contributed by atoms with Gasteiger partial charge in [-0.3, -0.25) is 9.52 Å². The quantitative estimate of drug-likeness (QED) is 0.618. The van der Waals surface area contributed by atoms with E-state index in [-0.39, 0.29) is 10.5 Å². The lowest BCUT2D eigenvalue weighted by molar-refractivity contribution is -0.125. The van der Waals surface area contributed by atoms with E-state index < -0.39 is 34.0 Å². The number of aryl methyl sites for hydroxylation is 2. The highest BCUT2D eigenvalue weighted by atomic mass is 32.2. The molecule has 0 spiro atoms. The standard InChI is InChI=1S/C23H25N3O5S/c1-16-6-5-7-19(12-16)26-32(29,30)20-13-18(9-8-17(20)2)22(28)31-14-21(27)25-23(15-24)10-3-4-11-23/h5-9,12-13,26H,3-4,10-11,14H2,1-2H3,(H,25,27). The van der Waals surface area contributed by atoms with Crippen molar-refractivity contribution < 1.29 is 22.7 Å². The summed E-state index contributed by atoms with van der Waals surface area (Å²) in [6.45, 7) is 2.91. The minimum absolute atomic E-state index is 0.00359. The zero-order valence-electron chi connectivity index (χ0n) is 18.0. The molecule has 0 heterocycles. The van der Waals surface area contributed by atoms with E-state index in [1.807, 2.05) is 13.0 Å². The van der Waals surface area contributed by atoms with Crippen LogP contribution < -0.4 is 10.0 Å². The number of nitrogens with zero attached hydrogens (tertiary/aromatic N) is 1. The lowest BCUT2D eigenvalue weighted by Gasteiger charge is -2.21. The number of carbonyl (C=O) groups excluding carboxylic acids is 2. The van der Waals surface area contributed by atoms with Crippen LogP contribution in [0, 0.1) is 25.2 Å². The van der Waals surface area contributed by atoms with Crippen LogP contribution in [-0.4, -0.2) is 32.4 Å². The van der Waals surface area contributed by atoms with Gasteiger partial charge >= 0.3 is 5.97 Å². The molecule has 3 rings (SSSR count). The first-order valence-electron chi connectivity index (χ1n) is 10.2. The Balaban J connectivity index is 1.70. The Kier molecular flexibility index (Phi) is 6.84. The van der Waals surface area contributed by atoms with Crippen molar-refractivity contribution in [3.05, 3.63) is 59.2 Å². The molecule has 2 aromatic rings. The molecule has 0 aliphatic heterocycles. The third-order valence-electron chi connectivity index (χ3n) is 5.37. The van der Waals surface area contributed by atoms with Gasteiger partial charge in [-0.15, -0.1) is 0 Å². The predicted molar refractivity (Wildman–Crippen MR) is 118 cm³/mol. The van der Waals surface area contributed by atoms with Crippen LogP contribution in [0.3, 0.4) is 0 Å². The summed E-state index contributed by atoms with van der Waals surface area (Å²) in [7, 11) is -3.95. The second-order valence-electron chi connectivity index (χ2n) is 7.98. The molecule has 1 saturated carbocycles. The van der Waals surface area contributed by atoms with Gasteiger partial charge in [0.05, 0.1) is 16.5 Å². The maximum absolute atomic E-state index is 12.9. The van der Waals surface area contributed by atoms with Crippen molar-refractivity contribution in [1.82, 2.24) is 5.32 Å². The molecule has 1 fully saturated rings. The van der Waals surface area contributed by atoms with Gasteiger partial charge in [0.25, 0.3) is 15.9 Å². The number of carbonyl (C=O) groups is 2. The molecular weight excluding hydrogens is 430 g/mol. The van der Waals surface area contributed by atoms with Crippen LogP contribution in [0.4, 0.5) is 5.69 Å². The summed E-state index contributed by atoms with van der Waals surface area (Å²) in [6, 6.07) is 13.2. The SMILES string of the molecule is Cc1cccc(NS(=O)(=O)c2cc(C(=O)OCC(=O)NC3(C#N)CCCC3)ccc2C)c1. The summed E-state index contributed by atoms with van der Waals surface area (Å²) < 4.78 is 33.3. The van der Waals surface area contributed by atoms with E-state index in [1.165, 1.54) is 18.2 Å². The van der Waals surface area contributed by atoms with Crippen molar-refractivity contribution in [2.75, 3.05) is 11.3 Å². The van der Waals surface area contributed by atoms with E-state index in [1.54, 1.807) is 25.1 Å². The Bertz CT molecular complexity index is 1180. The molecule has 1 aliphatic carbocycles. The van der Waals surface area contributed by atoms with E-state index in [2.05, 4.69) is 16.1 Å². The van der Waals surface area contributed by atoms with Gasteiger partial charge in [0, 0.05) is 5.69 Å². The summed E-state index contributed by atoms with van der Waals surface area (Å²) >= 11 is 0. The molecule has 32 heavy (non-hydrogen) atoms. The molecule has 0 saturated heterocycles. The highest BCUT2D eigenvalue weighted by Crippen LogP contribution is 2.28. The van der Waals surface area contributed by atoms with Crippen molar-refractivity contribution >= 4 is 27.6 Å². The van der Waals surface area contributed by atoms with Gasteiger partial charge in [0.1, 0.15) is 5.54 Å². The molecule has 168 valence electrons. The summed E-state index contributed by atoms with van der Waals surface area (Å²) in [5, 5.41) is 12.0. The number of rotatable bonds is 7. The molecule has 0 bridgehead atoms. The van der Waals surface area contributed by atoms with E-state index >= 15 is 0 Å². The number of nitriles is 1. The summed E-state index contributed by atoms with van der Waals surface area (Å²) in [5.41, 5.74) is 0.858. The van der Waals surface area contributed by atoms with Crippen LogP contribution in [0.5, 0.6) is 0 Å². The number of amides is 1. The number of anilines is 1. The fourth-order valence-electron chi connectivity index (χ4n) is 3.70. The molecule has 1 aliphatic rings. The third kappa shape index (κ3) is 5.45. The maximum Gasteiger partial charge on any atom is 0.338 e. The van der Waals surface area contributed by atoms with E-state index in [4.69, 9.17) is 4.74 Å². The topological polar surface area (TPSA) is 125 Å². The van der Waals surface area contributed by atoms with Gasteiger partial charge in [0.2, 0.25) is 0 Å². The van der Waals surface area contributed by atoms with E-state index in [0.29, 0.717) is 24.1 Å². The Hall–Kier alpha value is -3.38. The third-order valence-corrected chi connectivity index (χ3v) is 6.89. The fourth-order valence-corrected chi connectivity index (χ4v) is 5.02. The molecule has 2 N–H and O–H groups in total. The smallest absolute Gasteiger partial charge is 0.338 e. The number of benzene rings is 2. The molecule has 9 heteroatoms. The molecule has 8 nitrogen and oxygen atoms in total. The van der Waals surface area contributed by atoms with Gasteiger partial charge in [-0.1, -0.05) is 18.2 Å². The Labute approximate surface area is 187 Å². The lowest BCUT2D eigenvalue weighted by Crippen LogP contribution is -2.46. The normalized spacial score (nSPS) is 14.9. The van der Waals surface area contributed by atoms with E-state index in [9.17, 15) is 23.3 Å². The van der Waals surface area contributed by atoms with Crippen LogP contribution >= 0.6 is 0 Å². The average molecular weight is 456 g/mol. The Morgan fingerprint density at radius 2 is 1.84 bits per heavy atom. The number of nitrogens with one attached hydrogen (secondary N) is 2. The molecule has 0 unspecified atom stereocenters. The van der Waals surface area contributed by atoms with Gasteiger partial charge in [0.15, 0.2) is 6.61 Å². The van der Waals surface area contributed by atoms with Gasteiger partial charge in [-0.05, 0) is 74.9 Å². The molecule has 2 aromatic carbocycles. The molecule has 1 amide bonds.